The Morgan fingerprint density at radius 1 is 1.23 bits per heavy atom. The van der Waals surface area contributed by atoms with Gasteiger partial charge in [-0.3, -0.25) is 9.78 Å². The lowest BCUT2D eigenvalue weighted by Crippen LogP contribution is -2.44. The van der Waals surface area contributed by atoms with E-state index in [0.717, 1.165) is 12.8 Å². The number of para-hydroxylation sites is 1. The summed E-state index contributed by atoms with van der Waals surface area (Å²) < 4.78 is 28.8. The van der Waals surface area contributed by atoms with Crippen molar-refractivity contribution in [1.29, 1.82) is 0 Å². The molecule has 0 aliphatic carbocycles. The van der Waals surface area contributed by atoms with Crippen molar-refractivity contribution in [2.24, 2.45) is 10.3 Å². The van der Waals surface area contributed by atoms with Crippen molar-refractivity contribution in [2.45, 2.75) is 17.7 Å². The molecule has 2 aliphatic heterocycles. The normalized spacial score (nSPS) is 21.3. The van der Waals surface area contributed by atoms with Crippen LogP contribution < -0.4 is 5.32 Å². The number of anilines is 1. The van der Waals surface area contributed by atoms with Crippen LogP contribution in [0.1, 0.15) is 23.3 Å². The van der Waals surface area contributed by atoms with Gasteiger partial charge >= 0.3 is 0 Å². The molecule has 1 atom stereocenters. The third-order valence-electron chi connectivity index (χ3n) is 4.52. The molecule has 0 spiro atoms. The number of hydrogen-bond donors (Lipinski definition) is 1. The summed E-state index contributed by atoms with van der Waals surface area (Å²) >= 11 is 0. The number of fused-ring (bicyclic) bond motifs is 1. The quantitative estimate of drug-likeness (QED) is 0.859. The number of aromatic nitrogens is 2. The van der Waals surface area contributed by atoms with Gasteiger partial charge in [-0.25, -0.2) is 4.98 Å². The lowest BCUT2D eigenvalue weighted by Gasteiger charge is -2.34. The first-order valence-corrected chi connectivity index (χ1v) is 9.75. The van der Waals surface area contributed by atoms with Crippen LogP contribution in [0.5, 0.6) is 0 Å². The maximum atomic E-state index is 12.6. The Hall–Kier alpha value is -2.81. The number of amides is 1. The number of nitrogens with one attached hydrogen (secondary N) is 1. The molecule has 0 unspecified atom stereocenters. The first kappa shape index (κ1) is 16.6. The Balaban J connectivity index is 1.57. The molecule has 3 heterocycles. The van der Waals surface area contributed by atoms with Crippen LogP contribution in [0.4, 0.5) is 5.69 Å². The number of hydrogen-bond acceptors (Lipinski definition) is 6. The highest BCUT2D eigenvalue weighted by Crippen LogP contribution is 2.30. The number of carbonyl (C=O) groups excluding carboxylic acids is 1. The van der Waals surface area contributed by atoms with Crippen LogP contribution in [0.2, 0.25) is 0 Å². The van der Waals surface area contributed by atoms with Gasteiger partial charge in [0.05, 0.1) is 11.9 Å². The number of nitrogens with zero attached hydrogens (tertiary/aromatic N) is 4. The second-order valence-electron chi connectivity index (χ2n) is 6.25. The fourth-order valence-corrected chi connectivity index (χ4v) is 4.47. The Morgan fingerprint density at radius 3 is 2.88 bits per heavy atom. The maximum Gasteiger partial charge on any atom is 0.286 e. The van der Waals surface area contributed by atoms with E-state index in [4.69, 9.17) is 0 Å². The SMILES string of the molecule is O=C(c1cnccn1)N1CCC[C@@H](C2=NS(=O)(=O)c3ccccc3N2)C1. The summed E-state index contributed by atoms with van der Waals surface area (Å²) in [7, 11) is -3.73. The fraction of sp³-hybridized carbons (Fsp3) is 0.294. The zero-order valence-electron chi connectivity index (χ0n) is 13.9. The van der Waals surface area contributed by atoms with Crippen molar-refractivity contribution < 1.29 is 13.2 Å². The van der Waals surface area contributed by atoms with Crippen molar-refractivity contribution in [2.75, 3.05) is 18.4 Å². The molecule has 0 radical (unpaired) electrons. The summed E-state index contributed by atoms with van der Waals surface area (Å²) in [4.78, 5) is 22.4. The Bertz CT molecular complexity index is 975. The molecule has 1 saturated heterocycles. The van der Waals surface area contributed by atoms with E-state index in [9.17, 15) is 13.2 Å². The molecule has 1 N–H and O–H groups in total. The van der Waals surface area contributed by atoms with E-state index >= 15 is 0 Å². The van der Waals surface area contributed by atoms with E-state index in [1.807, 2.05) is 0 Å². The topological polar surface area (TPSA) is 105 Å². The molecular weight excluding hydrogens is 354 g/mol. The number of carbonyl (C=O) groups is 1. The lowest BCUT2D eigenvalue weighted by molar-refractivity contribution is 0.0696. The van der Waals surface area contributed by atoms with Crippen LogP contribution in [0.15, 0.2) is 52.1 Å². The average molecular weight is 371 g/mol. The summed E-state index contributed by atoms with van der Waals surface area (Å²) in [5.74, 6) is 0.00955. The highest BCUT2D eigenvalue weighted by molar-refractivity contribution is 7.90. The predicted molar refractivity (Wildman–Crippen MR) is 95.3 cm³/mol. The molecule has 1 fully saturated rings. The first-order chi connectivity index (χ1) is 12.5. The summed E-state index contributed by atoms with van der Waals surface area (Å²) in [5.41, 5.74) is 0.805. The predicted octanol–water partition coefficient (Wildman–Crippen LogP) is 1.54. The van der Waals surface area contributed by atoms with Gasteiger partial charge < -0.3 is 10.2 Å². The van der Waals surface area contributed by atoms with Crippen LogP contribution in [-0.2, 0) is 10.0 Å². The van der Waals surface area contributed by atoms with Crippen molar-refractivity contribution in [3.8, 4) is 0 Å². The van der Waals surface area contributed by atoms with Crippen molar-refractivity contribution in [1.82, 2.24) is 14.9 Å². The van der Waals surface area contributed by atoms with Crippen LogP contribution in [0.25, 0.3) is 0 Å². The summed E-state index contributed by atoms with van der Waals surface area (Å²) in [6.45, 7) is 0.988. The minimum absolute atomic E-state index is 0.173. The minimum Gasteiger partial charge on any atom is -0.342 e. The second kappa shape index (κ2) is 6.49. The molecule has 1 amide bonds. The Morgan fingerprint density at radius 2 is 2.08 bits per heavy atom. The molecule has 8 nitrogen and oxygen atoms in total. The van der Waals surface area contributed by atoms with Crippen LogP contribution in [0, 0.1) is 5.92 Å². The standard InChI is InChI=1S/C17H17N5O3S/c23-17(14-10-18-7-8-19-14)22-9-3-4-12(11-22)16-20-13-5-1-2-6-15(13)26(24,25)21-16/h1-2,5-8,10,12H,3-4,9,11H2,(H,20,21)/t12-/m1/s1. The molecule has 0 saturated carbocycles. The van der Waals surface area contributed by atoms with E-state index in [0.29, 0.717) is 24.6 Å². The van der Waals surface area contributed by atoms with Gasteiger partial charge in [0.15, 0.2) is 0 Å². The molecule has 1 aromatic carbocycles. The van der Waals surface area contributed by atoms with Gasteiger partial charge in [0.1, 0.15) is 16.4 Å². The van der Waals surface area contributed by atoms with E-state index in [1.165, 1.54) is 24.7 Å². The molecule has 2 aliphatic rings. The number of likely N-dealkylation sites (tertiary alicyclic amines) is 1. The Labute approximate surface area is 151 Å². The van der Waals surface area contributed by atoms with E-state index in [1.54, 1.807) is 23.1 Å². The molecule has 0 bridgehead atoms. The third kappa shape index (κ3) is 3.05. The van der Waals surface area contributed by atoms with Crippen molar-refractivity contribution in [3.63, 3.8) is 0 Å². The molecule has 26 heavy (non-hydrogen) atoms. The lowest BCUT2D eigenvalue weighted by atomic mass is 9.96. The summed E-state index contributed by atoms with van der Waals surface area (Å²) in [5, 5.41) is 3.13. The van der Waals surface area contributed by atoms with Crippen molar-refractivity contribution >= 4 is 27.5 Å². The molecule has 9 heteroatoms. The van der Waals surface area contributed by atoms with Gasteiger partial charge in [0, 0.05) is 31.4 Å². The van der Waals surface area contributed by atoms with Crippen LogP contribution in [-0.4, -0.2) is 48.1 Å². The van der Waals surface area contributed by atoms with E-state index in [-0.39, 0.29) is 22.4 Å². The number of piperidine rings is 1. The smallest absolute Gasteiger partial charge is 0.286 e. The van der Waals surface area contributed by atoms with Gasteiger partial charge in [-0.1, -0.05) is 12.1 Å². The van der Waals surface area contributed by atoms with Gasteiger partial charge in [0.25, 0.3) is 15.9 Å². The van der Waals surface area contributed by atoms with Gasteiger partial charge in [0.2, 0.25) is 0 Å². The Kier molecular flexibility index (Phi) is 4.15. The van der Waals surface area contributed by atoms with Crippen LogP contribution >= 0.6 is 0 Å². The zero-order chi connectivity index (χ0) is 18.1. The van der Waals surface area contributed by atoms with E-state index < -0.39 is 10.0 Å². The van der Waals surface area contributed by atoms with Gasteiger partial charge in [-0.05, 0) is 25.0 Å². The van der Waals surface area contributed by atoms with E-state index in [2.05, 4.69) is 19.7 Å². The van der Waals surface area contributed by atoms with Crippen LogP contribution in [0.3, 0.4) is 0 Å². The van der Waals surface area contributed by atoms with Gasteiger partial charge in [-0.15, -0.1) is 4.40 Å². The second-order valence-corrected chi connectivity index (χ2v) is 7.83. The van der Waals surface area contributed by atoms with Crippen molar-refractivity contribution in [3.05, 3.63) is 48.5 Å². The third-order valence-corrected chi connectivity index (χ3v) is 5.87. The number of sulfonamides is 1. The molecular formula is C17H17N5O3S. The minimum atomic E-state index is -3.73. The molecule has 134 valence electrons. The monoisotopic (exact) mass is 371 g/mol. The number of amidine groups is 1. The average Bonchev–Trinajstić information content (AvgIpc) is 2.68. The first-order valence-electron chi connectivity index (χ1n) is 8.31. The fourth-order valence-electron chi connectivity index (χ4n) is 3.27. The maximum absolute atomic E-state index is 12.6. The number of rotatable bonds is 2. The molecule has 1 aromatic heterocycles. The van der Waals surface area contributed by atoms with Gasteiger partial charge in [-0.2, -0.15) is 8.42 Å². The summed E-state index contributed by atoms with van der Waals surface area (Å²) in [6.07, 6.45) is 5.94. The molecule has 2 aromatic rings. The molecule has 4 rings (SSSR count). The zero-order valence-corrected chi connectivity index (χ0v) is 14.7. The number of benzene rings is 1. The highest BCUT2D eigenvalue weighted by atomic mass is 32.2. The highest BCUT2D eigenvalue weighted by Gasteiger charge is 2.33. The summed E-state index contributed by atoms with van der Waals surface area (Å²) in [6, 6.07) is 6.69. The largest absolute Gasteiger partial charge is 0.342 e.